The number of aliphatic hydroxyl groups is 1. The van der Waals surface area contributed by atoms with Crippen molar-refractivity contribution in [3.8, 4) is 5.69 Å². The zero-order valence-corrected chi connectivity index (χ0v) is 14.7. The average molecular weight is 359 g/mol. The monoisotopic (exact) mass is 359 g/mol. The molecule has 1 aromatic heterocycles. The van der Waals surface area contributed by atoms with Crippen LogP contribution in [-0.4, -0.2) is 51.3 Å². The van der Waals surface area contributed by atoms with E-state index in [0.29, 0.717) is 5.69 Å². The predicted molar refractivity (Wildman–Crippen MR) is 97.2 cm³/mol. The van der Waals surface area contributed by atoms with Gasteiger partial charge in [0, 0.05) is 12.2 Å². The summed E-state index contributed by atoms with van der Waals surface area (Å²) < 4.78 is 7.46. The third-order valence-electron chi connectivity index (χ3n) is 4.40. The molecule has 1 atom stereocenters. The van der Waals surface area contributed by atoms with E-state index in [1.807, 2.05) is 18.2 Å². The van der Waals surface area contributed by atoms with Crippen LogP contribution >= 0.6 is 0 Å². The molecule has 1 heterocycles. The molecule has 1 saturated carbocycles. The lowest BCUT2D eigenvalue weighted by atomic mass is 9.98. The Hall–Kier alpha value is -2.45. The smallest absolute Gasteiger partial charge is 0.319 e. The zero-order chi connectivity index (χ0) is 18.2. The molecule has 1 aliphatic carbocycles. The van der Waals surface area contributed by atoms with E-state index >= 15 is 0 Å². The van der Waals surface area contributed by atoms with Crippen LogP contribution < -0.4 is 10.6 Å². The van der Waals surface area contributed by atoms with Gasteiger partial charge in [-0.3, -0.25) is 4.57 Å². The summed E-state index contributed by atoms with van der Waals surface area (Å²) in [5.41, 5.74) is 1.48. The zero-order valence-electron chi connectivity index (χ0n) is 14.7. The van der Waals surface area contributed by atoms with Crippen molar-refractivity contribution in [2.24, 2.45) is 0 Å². The number of amides is 2. The summed E-state index contributed by atoms with van der Waals surface area (Å²) in [6.45, 7) is 0.387. The van der Waals surface area contributed by atoms with Gasteiger partial charge in [-0.1, -0.05) is 25.3 Å². The number of rotatable bonds is 7. The van der Waals surface area contributed by atoms with Gasteiger partial charge in [-0.25, -0.2) is 4.79 Å². The van der Waals surface area contributed by atoms with E-state index in [-0.39, 0.29) is 25.3 Å². The molecule has 1 aliphatic rings. The van der Waals surface area contributed by atoms with E-state index in [4.69, 9.17) is 4.74 Å². The topological polar surface area (TPSA) is 101 Å². The van der Waals surface area contributed by atoms with E-state index in [9.17, 15) is 9.90 Å². The number of nitrogens with zero attached hydrogens (tertiary/aromatic N) is 3. The van der Waals surface area contributed by atoms with Crippen LogP contribution in [0.15, 0.2) is 36.9 Å². The highest BCUT2D eigenvalue weighted by Crippen LogP contribution is 2.20. The number of aromatic nitrogens is 3. The molecule has 140 valence electrons. The van der Waals surface area contributed by atoms with Gasteiger partial charge in [0.15, 0.2) is 0 Å². The maximum Gasteiger partial charge on any atom is 0.319 e. The Kier molecular flexibility index (Phi) is 6.56. The van der Waals surface area contributed by atoms with Crippen molar-refractivity contribution in [1.29, 1.82) is 0 Å². The number of hydrogen-bond donors (Lipinski definition) is 3. The standard InChI is InChI=1S/C18H25N5O3/c24-16(11-26-17-7-2-1-3-8-17)10-19-18(25)22-14-5-4-6-15(9-14)23-12-20-21-13-23/h4-6,9,12-13,16-17,24H,1-3,7-8,10-11H2,(H2,19,22,25). The van der Waals surface area contributed by atoms with E-state index in [0.717, 1.165) is 18.5 Å². The number of carbonyl (C=O) groups excluding carboxylic acids is 1. The van der Waals surface area contributed by atoms with Crippen LogP contribution in [0.4, 0.5) is 10.5 Å². The molecule has 8 heteroatoms. The van der Waals surface area contributed by atoms with Crippen LogP contribution in [0, 0.1) is 0 Å². The van der Waals surface area contributed by atoms with Gasteiger partial charge >= 0.3 is 6.03 Å². The molecular formula is C18H25N5O3. The van der Waals surface area contributed by atoms with Crippen molar-refractivity contribution in [1.82, 2.24) is 20.1 Å². The first-order valence-corrected chi connectivity index (χ1v) is 9.00. The predicted octanol–water partition coefficient (Wildman–Crippen LogP) is 2.10. The second-order valence-electron chi connectivity index (χ2n) is 6.50. The largest absolute Gasteiger partial charge is 0.389 e. The normalized spacial score (nSPS) is 16.2. The van der Waals surface area contributed by atoms with E-state index in [1.54, 1.807) is 23.3 Å². The Morgan fingerprint density at radius 3 is 2.81 bits per heavy atom. The molecule has 2 aromatic rings. The molecule has 3 rings (SSSR count). The van der Waals surface area contributed by atoms with Gasteiger partial charge in [-0.15, -0.1) is 10.2 Å². The number of urea groups is 1. The number of benzene rings is 1. The van der Waals surface area contributed by atoms with Crippen molar-refractivity contribution in [2.45, 2.75) is 44.3 Å². The number of carbonyl (C=O) groups is 1. The molecule has 0 aliphatic heterocycles. The third kappa shape index (κ3) is 5.53. The number of aliphatic hydroxyl groups excluding tert-OH is 1. The van der Waals surface area contributed by atoms with Gasteiger partial charge < -0.3 is 20.5 Å². The lowest BCUT2D eigenvalue weighted by molar-refractivity contribution is -0.0221. The fourth-order valence-electron chi connectivity index (χ4n) is 3.00. The maximum absolute atomic E-state index is 12.0. The first-order valence-electron chi connectivity index (χ1n) is 9.00. The fourth-order valence-corrected chi connectivity index (χ4v) is 3.00. The molecule has 1 aromatic carbocycles. The summed E-state index contributed by atoms with van der Waals surface area (Å²) >= 11 is 0. The lowest BCUT2D eigenvalue weighted by Gasteiger charge is -2.23. The molecule has 0 bridgehead atoms. The molecule has 3 N–H and O–H groups in total. The Labute approximate surface area is 152 Å². The van der Waals surface area contributed by atoms with E-state index in [2.05, 4.69) is 20.8 Å². The Balaban J connectivity index is 1.40. The molecule has 26 heavy (non-hydrogen) atoms. The molecule has 1 fully saturated rings. The fraction of sp³-hybridized carbons (Fsp3) is 0.500. The maximum atomic E-state index is 12.0. The summed E-state index contributed by atoms with van der Waals surface area (Å²) in [5, 5.41) is 22.9. The van der Waals surface area contributed by atoms with Gasteiger partial charge in [-0.2, -0.15) is 0 Å². The summed E-state index contributed by atoms with van der Waals surface area (Å²) in [4.78, 5) is 12.0. The Morgan fingerprint density at radius 2 is 2.04 bits per heavy atom. The van der Waals surface area contributed by atoms with Crippen LogP contribution in [-0.2, 0) is 4.74 Å². The van der Waals surface area contributed by atoms with Crippen molar-refractivity contribution in [2.75, 3.05) is 18.5 Å². The summed E-state index contributed by atoms with van der Waals surface area (Å²) in [5.74, 6) is 0. The third-order valence-corrected chi connectivity index (χ3v) is 4.40. The minimum Gasteiger partial charge on any atom is -0.389 e. The number of anilines is 1. The highest BCUT2D eigenvalue weighted by atomic mass is 16.5. The average Bonchev–Trinajstić information content (AvgIpc) is 3.21. The molecule has 0 radical (unpaired) electrons. The van der Waals surface area contributed by atoms with Crippen molar-refractivity contribution in [3.05, 3.63) is 36.9 Å². The minimum absolute atomic E-state index is 0.143. The summed E-state index contributed by atoms with van der Waals surface area (Å²) in [6.07, 6.45) is 8.46. The minimum atomic E-state index is -0.717. The lowest BCUT2D eigenvalue weighted by Crippen LogP contribution is -2.38. The van der Waals surface area contributed by atoms with Gasteiger partial charge in [0.25, 0.3) is 0 Å². The van der Waals surface area contributed by atoms with Gasteiger partial charge in [0.1, 0.15) is 12.7 Å². The quantitative estimate of drug-likeness (QED) is 0.703. The van der Waals surface area contributed by atoms with Crippen molar-refractivity contribution >= 4 is 11.7 Å². The highest BCUT2D eigenvalue weighted by molar-refractivity contribution is 5.89. The number of nitrogens with one attached hydrogen (secondary N) is 2. The van der Waals surface area contributed by atoms with Gasteiger partial charge in [-0.05, 0) is 31.0 Å². The molecule has 1 unspecified atom stereocenters. The van der Waals surface area contributed by atoms with Crippen molar-refractivity contribution < 1.29 is 14.6 Å². The van der Waals surface area contributed by atoms with Crippen LogP contribution in [0.1, 0.15) is 32.1 Å². The number of ether oxygens (including phenoxy) is 1. The number of hydrogen-bond acceptors (Lipinski definition) is 5. The van der Waals surface area contributed by atoms with Crippen LogP contribution in [0.25, 0.3) is 5.69 Å². The first-order chi connectivity index (χ1) is 12.7. The van der Waals surface area contributed by atoms with E-state index in [1.165, 1.54) is 19.3 Å². The molecule has 0 saturated heterocycles. The summed E-state index contributed by atoms with van der Waals surface area (Å²) in [7, 11) is 0. The first kappa shape index (κ1) is 18.3. The second-order valence-corrected chi connectivity index (χ2v) is 6.50. The van der Waals surface area contributed by atoms with Gasteiger partial charge in [0.2, 0.25) is 0 Å². The highest BCUT2D eigenvalue weighted by Gasteiger charge is 2.16. The van der Waals surface area contributed by atoms with Gasteiger partial charge in [0.05, 0.1) is 24.5 Å². The van der Waals surface area contributed by atoms with Crippen LogP contribution in [0.3, 0.4) is 0 Å². The molecule has 8 nitrogen and oxygen atoms in total. The van der Waals surface area contributed by atoms with Crippen LogP contribution in [0.5, 0.6) is 0 Å². The Morgan fingerprint density at radius 1 is 1.27 bits per heavy atom. The molecule has 2 amide bonds. The Bertz CT molecular complexity index is 686. The molecular weight excluding hydrogens is 334 g/mol. The molecule has 0 spiro atoms. The SMILES string of the molecule is O=C(NCC(O)COC1CCCCC1)Nc1cccc(-n2cnnc2)c1. The van der Waals surface area contributed by atoms with Crippen LogP contribution in [0.2, 0.25) is 0 Å². The van der Waals surface area contributed by atoms with Crippen molar-refractivity contribution in [3.63, 3.8) is 0 Å². The second kappa shape index (κ2) is 9.30. The van der Waals surface area contributed by atoms with E-state index < -0.39 is 6.10 Å². The summed E-state index contributed by atoms with van der Waals surface area (Å²) in [6, 6.07) is 6.95.